The number of nitrogens with one attached hydrogen (secondary N) is 1. The number of carbonyl (C=O) groups excluding carboxylic acids is 3. The Morgan fingerprint density at radius 1 is 0.862 bits per heavy atom. The van der Waals surface area contributed by atoms with Crippen LogP contribution in [0.3, 0.4) is 0 Å². The van der Waals surface area contributed by atoms with Crippen LogP contribution in [-0.4, -0.2) is 23.8 Å². The van der Waals surface area contributed by atoms with Gasteiger partial charge in [0.2, 0.25) is 5.91 Å². The molecular weight excluding hydrogens is 368 g/mol. The summed E-state index contributed by atoms with van der Waals surface area (Å²) in [5.41, 5.74) is 1.49. The largest absolute Gasteiger partial charge is 0.423 e. The van der Waals surface area contributed by atoms with Crippen LogP contribution in [0.5, 0.6) is 5.75 Å². The predicted molar refractivity (Wildman–Crippen MR) is 109 cm³/mol. The lowest BCUT2D eigenvalue weighted by Crippen LogP contribution is -2.51. The van der Waals surface area contributed by atoms with Crippen LogP contribution in [0, 0.1) is 0 Å². The number of fused-ring (bicyclic) bond motifs is 1. The molecule has 0 aromatic heterocycles. The Balaban J connectivity index is 1.66. The van der Waals surface area contributed by atoms with E-state index in [1.54, 1.807) is 78.9 Å². The van der Waals surface area contributed by atoms with Gasteiger partial charge in [0.25, 0.3) is 5.91 Å². The fourth-order valence-corrected chi connectivity index (χ4v) is 3.25. The summed E-state index contributed by atoms with van der Waals surface area (Å²) in [6.45, 7) is 0. The Hall–Kier alpha value is -3.93. The average molecular weight is 386 g/mol. The normalized spacial score (nSPS) is 15.2. The van der Waals surface area contributed by atoms with E-state index < -0.39 is 12.0 Å². The highest BCUT2D eigenvalue weighted by Crippen LogP contribution is 2.36. The number of anilines is 2. The molecule has 6 nitrogen and oxygen atoms in total. The topological polar surface area (TPSA) is 75.7 Å². The van der Waals surface area contributed by atoms with E-state index in [1.807, 2.05) is 6.07 Å². The lowest BCUT2D eigenvalue weighted by molar-refractivity contribution is -0.138. The van der Waals surface area contributed by atoms with Gasteiger partial charge in [-0.05, 0) is 36.4 Å². The second-order valence-corrected chi connectivity index (χ2v) is 6.56. The molecule has 0 spiro atoms. The maximum Gasteiger partial charge on any atom is 0.335 e. The second kappa shape index (κ2) is 7.98. The van der Waals surface area contributed by atoms with Crippen LogP contribution in [0.15, 0.2) is 84.9 Å². The molecule has 1 atom stereocenters. The number of hydrogen-bond donors (Lipinski definition) is 1. The molecule has 29 heavy (non-hydrogen) atoms. The molecule has 4 rings (SSSR count). The van der Waals surface area contributed by atoms with Gasteiger partial charge in [-0.15, -0.1) is 0 Å². The van der Waals surface area contributed by atoms with Gasteiger partial charge in [0.15, 0.2) is 5.75 Å². The van der Waals surface area contributed by atoms with Crippen LogP contribution in [0.2, 0.25) is 0 Å². The summed E-state index contributed by atoms with van der Waals surface area (Å²) < 4.78 is 5.40. The summed E-state index contributed by atoms with van der Waals surface area (Å²) in [6.07, 6.45) is -0.222. The first-order chi connectivity index (χ1) is 14.1. The molecule has 0 bridgehead atoms. The summed E-state index contributed by atoms with van der Waals surface area (Å²) in [7, 11) is 0. The van der Waals surface area contributed by atoms with E-state index in [0.717, 1.165) is 0 Å². The van der Waals surface area contributed by atoms with Gasteiger partial charge in [0.05, 0.1) is 12.1 Å². The molecule has 1 heterocycles. The van der Waals surface area contributed by atoms with E-state index in [2.05, 4.69) is 5.32 Å². The molecule has 0 unspecified atom stereocenters. The number of rotatable bonds is 4. The zero-order chi connectivity index (χ0) is 20.2. The van der Waals surface area contributed by atoms with Gasteiger partial charge in [0, 0.05) is 11.3 Å². The highest BCUT2D eigenvalue weighted by molar-refractivity contribution is 6.12. The fourth-order valence-electron chi connectivity index (χ4n) is 3.25. The molecule has 0 radical (unpaired) electrons. The molecule has 0 saturated heterocycles. The van der Waals surface area contributed by atoms with E-state index in [9.17, 15) is 14.4 Å². The maximum absolute atomic E-state index is 13.2. The van der Waals surface area contributed by atoms with Gasteiger partial charge in [-0.1, -0.05) is 48.5 Å². The van der Waals surface area contributed by atoms with Gasteiger partial charge in [-0.25, -0.2) is 4.79 Å². The Morgan fingerprint density at radius 2 is 1.48 bits per heavy atom. The molecule has 1 N–H and O–H groups in total. The summed E-state index contributed by atoms with van der Waals surface area (Å²) in [6, 6.07) is 23.3. The average Bonchev–Trinajstić information content (AvgIpc) is 2.75. The lowest BCUT2D eigenvalue weighted by atomic mass is 10.0. The Bertz CT molecular complexity index is 1050. The first-order valence-corrected chi connectivity index (χ1v) is 9.18. The maximum atomic E-state index is 13.2. The Morgan fingerprint density at radius 3 is 2.21 bits per heavy atom. The van der Waals surface area contributed by atoms with Crippen molar-refractivity contribution < 1.29 is 19.1 Å². The molecule has 6 heteroatoms. The van der Waals surface area contributed by atoms with E-state index >= 15 is 0 Å². The molecule has 0 saturated carbocycles. The van der Waals surface area contributed by atoms with Crippen molar-refractivity contribution in [3.05, 3.63) is 90.5 Å². The van der Waals surface area contributed by atoms with Crippen molar-refractivity contribution in [1.29, 1.82) is 0 Å². The zero-order valence-electron chi connectivity index (χ0n) is 15.4. The van der Waals surface area contributed by atoms with E-state index in [1.165, 1.54) is 4.90 Å². The third-order valence-corrected chi connectivity index (χ3v) is 4.59. The van der Waals surface area contributed by atoms with E-state index in [0.29, 0.717) is 22.7 Å². The minimum absolute atomic E-state index is 0.222. The number of amides is 2. The molecule has 2 amide bonds. The van der Waals surface area contributed by atoms with Crippen LogP contribution in [0.4, 0.5) is 11.4 Å². The number of ether oxygens (including phenoxy) is 1. The summed E-state index contributed by atoms with van der Waals surface area (Å²) >= 11 is 0. The minimum Gasteiger partial charge on any atom is -0.423 e. The Kier molecular flexibility index (Phi) is 5.07. The molecule has 0 fully saturated rings. The lowest BCUT2D eigenvalue weighted by Gasteiger charge is -2.35. The van der Waals surface area contributed by atoms with Crippen molar-refractivity contribution in [3.8, 4) is 5.75 Å². The fraction of sp³-hybridized carbons (Fsp3) is 0.0870. The van der Waals surface area contributed by atoms with Crippen molar-refractivity contribution in [1.82, 2.24) is 0 Å². The predicted octanol–water partition coefficient (Wildman–Crippen LogP) is 3.65. The highest BCUT2D eigenvalue weighted by atomic mass is 16.5. The molecule has 144 valence electrons. The van der Waals surface area contributed by atoms with Crippen LogP contribution < -0.4 is 15.0 Å². The quantitative estimate of drug-likeness (QED) is 0.549. The minimum atomic E-state index is -1.07. The van der Waals surface area contributed by atoms with Crippen LogP contribution in [-0.2, 0) is 9.59 Å². The Labute approximate surface area is 167 Å². The van der Waals surface area contributed by atoms with Gasteiger partial charge in [-0.2, -0.15) is 0 Å². The number of esters is 1. The van der Waals surface area contributed by atoms with Crippen molar-refractivity contribution in [2.75, 3.05) is 10.2 Å². The molecule has 1 aliphatic heterocycles. The van der Waals surface area contributed by atoms with Gasteiger partial charge in [-0.3, -0.25) is 14.5 Å². The van der Waals surface area contributed by atoms with E-state index in [-0.39, 0.29) is 18.2 Å². The number of hydrogen-bond acceptors (Lipinski definition) is 4. The SMILES string of the molecule is O=C(C[C@@H]1C(=O)Oc2ccccc2N1C(=O)c1ccccc1)Nc1ccccc1. The summed E-state index contributed by atoms with van der Waals surface area (Å²) in [5.74, 6) is -1.10. The molecule has 3 aromatic rings. The second-order valence-electron chi connectivity index (χ2n) is 6.56. The molecule has 0 aliphatic carbocycles. The van der Waals surface area contributed by atoms with Crippen molar-refractivity contribution >= 4 is 29.2 Å². The van der Waals surface area contributed by atoms with Crippen molar-refractivity contribution in [2.24, 2.45) is 0 Å². The third kappa shape index (κ3) is 3.87. The molecule has 1 aliphatic rings. The summed E-state index contributed by atoms with van der Waals surface area (Å²) in [4.78, 5) is 39.9. The number of benzene rings is 3. The first-order valence-electron chi connectivity index (χ1n) is 9.18. The van der Waals surface area contributed by atoms with Crippen LogP contribution in [0.25, 0.3) is 0 Å². The van der Waals surface area contributed by atoms with E-state index in [4.69, 9.17) is 4.74 Å². The molecular formula is C23H18N2O4. The standard InChI is InChI=1S/C23H18N2O4/c26-21(24-17-11-5-2-6-12-17)15-19-23(28)29-20-14-8-7-13-18(20)25(19)22(27)16-9-3-1-4-10-16/h1-14,19H,15H2,(H,24,26)/t19-/m1/s1. The number of nitrogens with zero attached hydrogens (tertiary/aromatic N) is 1. The van der Waals surface area contributed by atoms with Crippen LogP contribution >= 0.6 is 0 Å². The monoisotopic (exact) mass is 386 g/mol. The van der Waals surface area contributed by atoms with Gasteiger partial charge >= 0.3 is 5.97 Å². The van der Waals surface area contributed by atoms with Crippen LogP contribution in [0.1, 0.15) is 16.8 Å². The van der Waals surface area contributed by atoms with Crippen molar-refractivity contribution in [2.45, 2.75) is 12.5 Å². The zero-order valence-corrected chi connectivity index (χ0v) is 15.4. The number of carbonyl (C=O) groups is 3. The van der Waals surface area contributed by atoms with Crippen molar-refractivity contribution in [3.63, 3.8) is 0 Å². The van der Waals surface area contributed by atoms with Gasteiger partial charge < -0.3 is 10.1 Å². The highest BCUT2D eigenvalue weighted by Gasteiger charge is 2.40. The summed E-state index contributed by atoms with van der Waals surface area (Å²) in [5, 5.41) is 2.75. The third-order valence-electron chi connectivity index (χ3n) is 4.59. The molecule has 3 aromatic carbocycles. The van der Waals surface area contributed by atoms with Gasteiger partial charge in [0.1, 0.15) is 6.04 Å². The number of para-hydroxylation sites is 3. The first kappa shape index (κ1) is 18.4. The smallest absolute Gasteiger partial charge is 0.335 e.